The number of hydrogen-bond donors (Lipinski definition) is 0. The van der Waals surface area contributed by atoms with E-state index in [2.05, 4.69) is 69.4 Å². The van der Waals surface area contributed by atoms with Crippen molar-refractivity contribution in [1.82, 2.24) is 0 Å². The smallest absolute Gasteiger partial charge is 0.100 e. The van der Waals surface area contributed by atoms with E-state index in [0.29, 0.717) is 0 Å². The standard InChI is InChI=1S/C19H28N2S3/c1-8-14-13(20-21-22-7)12-17(23-14)19(6,9-2)16-11-10-15(24-16)18(3,4)5/h10-12H,8-9H2,1-7H3/b21-20-. The molecule has 0 saturated heterocycles. The van der Waals surface area contributed by atoms with Gasteiger partial charge in [0, 0.05) is 31.2 Å². The van der Waals surface area contributed by atoms with Crippen LogP contribution in [0.15, 0.2) is 27.8 Å². The summed E-state index contributed by atoms with van der Waals surface area (Å²) in [4.78, 5) is 5.63. The Bertz CT molecular complexity index is 707. The lowest BCUT2D eigenvalue weighted by atomic mass is 9.84. The highest BCUT2D eigenvalue weighted by Gasteiger charge is 2.32. The third-order valence-corrected chi connectivity index (χ3v) is 8.03. The molecule has 0 aliphatic carbocycles. The Balaban J connectivity index is 2.48. The molecule has 2 aromatic heterocycles. The van der Waals surface area contributed by atoms with Gasteiger partial charge >= 0.3 is 0 Å². The summed E-state index contributed by atoms with van der Waals surface area (Å²) < 4.78 is 4.13. The summed E-state index contributed by atoms with van der Waals surface area (Å²) >= 11 is 5.26. The summed E-state index contributed by atoms with van der Waals surface area (Å²) in [5, 5.41) is 4.40. The van der Waals surface area contributed by atoms with Crippen LogP contribution in [0, 0.1) is 0 Å². The van der Waals surface area contributed by atoms with E-state index in [1.54, 1.807) is 0 Å². The van der Waals surface area contributed by atoms with Crippen LogP contribution >= 0.6 is 34.6 Å². The Hall–Kier alpha value is -0.650. The fraction of sp³-hybridized carbons (Fsp3) is 0.579. The molecule has 0 aromatic carbocycles. The molecule has 24 heavy (non-hydrogen) atoms. The Morgan fingerprint density at radius 1 is 1.00 bits per heavy atom. The van der Waals surface area contributed by atoms with Gasteiger partial charge in [0.1, 0.15) is 5.69 Å². The van der Waals surface area contributed by atoms with Gasteiger partial charge in [-0.2, -0.15) is 0 Å². The second kappa shape index (κ2) is 7.71. The van der Waals surface area contributed by atoms with E-state index < -0.39 is 0 Å². The molecule has 0 N–H and O–H groups in total. The van der Waals surface area contributed by atoms with Crippen molar-refractivity contribution in [3.05, 3.63) is 37.7 Å². The van der Waals surface area contributed by atoms with Gasteiger partial charge in [0.15, 0.2) is 0 Å². The van der Waals surface area contributed by atoms with Crippen LogP contribution in [0.5, 0.6) is 0 Å². The average Bonchev–Trinajstić information content (AvgIpc) is 3.18. The molecule has 0 fully saturated rings. The van der Waals surface area contributed by atoms with Gasteiger partial charge < -0.3 is 0 Å². The summed E-state index contributed by atoms with van der Waals surface area (Å²) in [6.45, 7) is 13.7. The largest absolute Gasteiger partial charge is 0.144 e. The van der Waals surface area contributed by atoms with Crippen molar-refractivity contribution in [3.63, 3.8) is 0 Å². The molecule has 2 aromatic rings. The Labute approximate surface area is 158 Å². The van der Waals surface area contributed by atoms with Gasteiger partial charge in [-0.15, -0.1) is 32.3 Å². The van der Waals surface area contributed by atoms with Crippen molar-refractivity contribution in [3.8, 4) is 0 Å². The zero-order chi connectivity index (χ0) is 18.0. The molecule has 1 atom stereocenters. The Morgan fingerprint density at radius 3 is 2.17 bits per heavy atom. The minimum absolute atomic E-state index is 0.0515. The summed E-state index contributed by atoms with van der Waals surface area (Å²) in [5.74, 6) is 0. The third-order valence-electron chi connectivity index (χ3n) is 4.48. The number of nitrogens with zero attached hydrogens (tertiary/aromatic N) is 2. The van der Waals surface area contributed by atoms with Gasteiger partial charge in [-0.3, -0.25) is 0 Å². The average molecular weight is 381 g/mol. The number of aryl methyl sites for hydroxylation is 1. The van der Waals surface area contributed by atoms with Crippen LogP contribution in [0.2, 0.25) is 0 Å². The zero-order valence-electron chi connectivity index (χ0n) is 15.8. The van der Waals surface area contributed by atoms with Crippen molar-refractivity contribution >= 4 is 40.3 Å². The maximum absolute atomic E-state index is 4.40. The highest BCUT2D eigenvalue weighted by molar-refractivity contribution is 7.97. The van der Waals surface area contributed by atoms with E-state index in [1.165, 1.54) is 31.5 Å². The predicted molar refractivity (Wildman–Crippen MR) is 111 cm³/mol. The molecule has 0 saturated carbocycles. The normalized spacial score (nSPS) is 15.1. The molecule has 0 radical (unpaired) electrons. The molecule has 2 rings (SSSR count). The van der Waals surface area contributed by atoms with Gasteiger partial charge in [-0.25, -0.2) is 0 Å². The monoisotopic (exact) mass is 380 g/mol. The van der Waals surface area contributed by atoms with Crippen LogP contribution in [0.3, 0.4) is 0 Å². The predicted octanol–water partition coefficient (Wildman–Crippen LogP) is 7.75. The van der Waals surface area contributed by atoms with E-state index in [0.717, 1.165) is 18.5 Å². The highest BCUT2D eigenvalue weighted by atomic mass is 32.2. The lowest BCUT2D eigenvalue weighted by Gasteiger charge is -2.26. The first kappa shape index (κ1) is 19.7. The molecule has 2 nitrogen and oxygen atoms in total. The lowest BCUT2D eigenvalue weighted by Crippen LogP contribution is -2.19. The van der Waals surface area contributed by atoms with Gasteiger partial charge in [0.05, 0.1) is 0 Å². The second-order valence-electron chi connectivity index (χ2n) is 7.24. The first-order valence-electron chi connectivity index (χ1n) is 8.44. The number of rotatable bonds is 6. The molecule has 0 aliphatic rings. The molecule has 132 valence electrons. The van der Waals surface area contributed by atoms with Crippen molar-refractivity contribution in [2.75, 3.05) is 6.26 Å². The van der Waals surface area contributed by atoms with Crippen LogP contribution < -0.4 is 0 Å². The topological polar surface area (TPSA) is 24.7 Å². The maximum Gasteiger partial charge on any atom is 0.100 e. The third kappa shape index (κ3) is 3.94. The Kier molecular flexibility index (Phi) is 6.32. The Morgan fingerprint density at radius 2 is 1.67 bits per heavy atom. The van der Waals surface area contributed by atoms with Gasteiger partial charge in [-0.05, 0) is 55.3 Å². The van der Waals surface area contributed by atoms with Crippen molar-refractivity contribution in [2.45, 2.75) is 65.2 Å². The van der Waals surface area contributed by atoms with Crippen molar-refractivity contribution < 1.29 is 0 Å². The van der Waals surface area contributed by atoms with Gasteiger partial charge in [0.2, 0.25) is 0 Å². The molecule has 0 aliphatic heterocycles. The molecular weight excluding hydrogens is 352 g/mol. The van der Waals surface area contributed by atoms with Gasteiger partial charge in [0.25, 0.3) is 0 Å². The molecule has 0 bridgehead atoms. The number of thiophene rings is 2. The first-order valence-corrected chi connectivity index (χ1v) is 11.3. The van der Waals surface area contributed by atoms with Crippen LogP contribution in [-0.2, 0) is 17.3 Å². The fourth-order valence-corrected chi connectivity index (χ4v) is 5.41. The first-order chi connectivity index (χ1) is 11.3. The van der Waals surface area contributed by atoms with Gasteiger partial charge in [-0.1, -0.05) is 34.6 Å². The molecular formula is C19H28N2S3. The van der Waals surface area contributed by atoms with E-state index in [9.17, 15) is 0 Å². The van der Waals surface area contributed by atoms with Crippen molar-refractivity contribution in [1.29, 1.82) is 0 Å². The van der Waals surface area contributed by atoms with Crippen molar-refractivity contribution in [2.24, 2.45) is 9.63 Å². The van der Waals surface area contributed by atoms with Crippen LogP contribution in [0.25, 0.3) is 0 Å². The molecule has 1 unspecified atom stereocenters. The summed E-state index contributed by atoms with van der Waals surface area (Å²) in [7, 11) is 0. The molecule has 2 heterocycles. The second-order valence-corrected chi connectivity index (χ2v) is 9.99. The van der Waals surface area contributed by atoms with E-state index in [1.807, 2.05) is 28.9 Å². The summed E-state index contributed by atoms with van der Waals surface area (Å²) in [5.41, 5.74) is 1.30. The zero-order valence-corrected chi connectivity index (χ0v) is 18.2. The molecule has 5 heteroatoms. The van der Waals surface area contributed by atoms with Crippen LogP contribution in [0.4, 0.5) is 5.69 Å². The SMILES string of the molecule is CCc1sc(C(C)(CC)c2ccc(C(C)(C)C)s2)cc1/N=N\SC. The quantitative estimate of drug-likeness (QED) is 0.371. The minimum Gasteiger partial charge on any atom is -0.144 e. The van der Waals surface area contributed by atoms with Crippen LogP contribution in [-0.4, -0.2) is 6.26 Å². The maximum atomic E-state index is 4.40. The lowest BCUT2D eigenvalue weighted by molar-refractivity contribution is 0.573. The summed E-state index contributed by atoms with van der Waals surface area (Å²) in [6.07, 6.45) is 4.03. The van der Waals surface area contributed by atoms with E-state index in [-0.39, 0.29) is 10.8 Å². The minimum atomic E-state index is 0.0515. The highest BCUT2D eigenvalue weighted by Crippen LogP contribution is 2.46. The summed E-state index contributed by atoms with van der Waals surface area (Å²) in [6, 6.07) is 6.88. The molecule has 0 spiro atoms. The molecule has 0 amide bonds. The van der Waals surface area contributed by atoms with Crippen LogP contribution in [0.1, 0.15) is 67.5 Å². The van der Waals surface area contributed by atoms with E-state index in [4.69, 9.17) is 0 Å². The number of hydrogen-bond acceptors (Lipinski definition) is 5. The fourth-order valence-electron chi connectivity index (χ4n) is 2.62. The van der Waals surface area contributed by atoms with E-state index >= 15 is 0 Å².